The average molecular weight is 267 g/mol. The molecule has 3 N–H and O–H groups in total. The number of halogens is 1. The summed E-state index contributed by atoms with van der Waals surface area (Å²) in [5, 5.41) is 2.79. The normalized spacial score (nSPS) is 10.8. The summed E-state index contributed by atoms with van der Waals surface area (Å²) >= 11 is 0. The topological polar surface area (TPSA) is 58.4 Å². The van der Waals surface area contributed by atoms with E-state index in [0.29, 0.717) is 24.2 Å². The Morgan fingerprint density at radius 2 is 2.11 bits per heavy atom. The third-order valence-corrected chi connectivity index (χ3v) is 2.80. The lowest BCUT2D eigenvalue weighted by molar-refractivity contribution is -0.122. The van der Waals surface area contributed by atoms with E-state index in [9.17, 15) is 9.18 Å². The van der Waals surface area contributed by atoms with Crippen LogP contribution in [0.2, 0.25) is 0 Å². The summed E-state index contributed by atoms with van der Waals surface area (Å²) in [6.45, 7) is 3.49. The molecule has 0 saturated carbocycles. The van der Waals surface area contributed by atoms with Crippen LogP contribution < -0.4 is 11.1 Å². The van der Waals surface area contributed by atoms with Crippen LogP contribution in [0.15, 0.2) is 18.2 Å². The highest BCUT2D eigenvalue weighted by molar-refractivity contribution is 5.77. The molecule has 19 heavy (non-hydrogen) atoms. The van der Waals surface area contributed by atoms with Crippen molar-refractivity contribution >= 4 is 5.91 Å². The van der Waals surface area contributed by atoms with Gasteiger partial charge >= 0.3 is 0 Å². The van der Waals surface area contributed by atoms with Crippen molar-refractivity contribution in [3.8, 4) is 0 Å². The maximum atomic E-state index is 14.0. The number of rotatable bonds is 7. The van der Waals surface area contributed by atoms with E-state index in [2.05, 4.69) is 5.32 Å². The largest absolute Gasteiger partial charge is 0.355 e. The molecule has 0 saturated heterocycles. The van der Waals surface area contributed by atoms with Crippen LogP contribution in [0.25, 0.3) is 0 Å². The van der Waals surface area contributed by atoms with E-state index in [1.165, 1.54) is 0 Å². The smallest absolute Gasteiger partial charge is 0.234 e. The van der Waals surface area contributed by atoms with Gasteiger partial charge in [-0.3, -0.25) is 9.69 Å². The first-order valence-corrected chi connectivity index (χ1v) is 6.50. The number of hydrogen-bond donors (Lipinski definition) is 2. The van der Waals surface area contributed by atoms with Crippen molar-refractivity contribution in [1.82, 2.24) is 10.2 Å². The number of carbonyl (C=O) groups is 1. The zero-order chi connectivity index (χ0) is 14.3. The predicted octanol–water partition coefficient (Wildman–Crippen LogP) is 1.24. The number of nitrogens with two attached hydrogens (primary N) is 1. The van der Waals surface area contributed by atoms with Crippen LogP contribution in [0.5, 0.6) is 0 Å². The van der Waals surface area contributed by atoms with E-state index in [0.717, 1.165) is 6.42 Å². The van der Waals surface area contributed by atoms with Crippen LogP contribution in [0.1, 0.15) is 24.5 Å². The van der Waals surface area contributed by atoms with Gasteiger partial charge in [-0.2, -0.15) is 0 Å². The van der Waals surface area contributed by atoms with E-state index in [-0.39, 0.29) is 24.8 Å². The molecule has 1 rings (SSSR count). The molecule has 0 bridgehead atoms. The first-order chi connectivity index (χ1) is 9.08. The van der Waals surface area contributed by atoms with Gasteiger partial charge in [-0.05, 0) is 13.5 Å². The lowest BCUT2D eigenvalue weighted by Gasteiger charge is -2.17. The summed E-state index contributed by atoms with van der Waals surface area (Å²) in [5.41, 5.74) is 6.53. The molecular weight excluding hydrogens is 245 g/mol. The third-order valence-electron chi connectivity index (χ3n) is 2.80. The Morgan fingerprint density at radius 1 is 1.42 bits per heavy atom. The van der Waals surface area contributed by atoms with Crippen LogP contribution >= 0.6 is 0 Å². The predicted molar refractivity (Wildman–Crippen MR) is 73.9 cm³/mol. The van der Waals surface area contributed by atoms with E-state index in [4.69, 9.17) is 5.73 Å². The molecule has 0 aliphatic heterocycles. The number of nitrogens with zero attached hydrogens (tertiary/aromatic N) is 1. The lowest BCUT2D eigenvalue weighted by atomic mass is 10.1. The number of carbonyl (C=O) groups excluding carboxylic acids is 1. The van der Waals surface area contributed by atoms with Crippen LogP contribution in [-0.4, -0.2) is 30.9 Å². The minimum absolute atomic E-state index is 0.0419. The van der Waals surface area contributed by atoms with Gasteiger partial charge in [0.15, 0.2) is 0 Å². The molecule has 0 atom stereocenters. The molecule has 0 spiro atoms. The van der Waals surface area contributed by atoms with Gasteiger partial charge in [0.25, 0.3) is 0 Å². The second-order valence-corrected chi connectivity index (χ2v) is 4.62. The molecule has 106 valence electrons. The molecule has 0 unspecified atom stereocenters. The van der Waals surface area contributed by atoms with Crippen LogP contribution in [-0.2, 0) is 17.9 Å². The van der Waals surface area contributed by atoms with Gasteiger partial charge in [-0.1, -0.05) is 25.1 Å². The summed E-state index contributed by atoms with van der Waals surface area (Å²) in [7, 11) is 1.79. The second kappa shape index (κ2) is 7.86. The Balaban J connectivity index is 2.57. The summed E-state index contributed by atoms with van der Waals surface area (Å²) in [4.78, 5) is 13.3. The molecule has 0 fully saturated rings. The first kappa shape index (κ1) is 15.6. The highest BCUT2D eigenvalue weighted by atomic mass is 19.1. The fourth-order valence-electron chi connectivity index (χ4n) is 1.82. The fourth-order valence-corrected chi connectivity index (χ4v) is 1.82. The zero-order valence-electron chi connectivity index (χ0n) is 11.6. The molecule has 1 amide bonds. The molecule has 4 nitrogen and oxygen atoms in total. The Labute approximate surface area is 113 Å². The second-order valence-electron chi connectivity index (χ2n) is 4.62. The zero-order valence-corrected chi connectivity index (χ0v) is 11.6. The monoisotopic (exact) mass is 267 g/mol. The number of likely N-dealkylation sites (N-methyl/N-ethyl adjacent to an activating group) is 1. The molecule has 0 aliphatic rings. The van der Waals surface area contributed by atoms with Gasteiger partial charge in [-0.25, -0.2) is 4.39 Å². The van der Waals surface area contributed by atoms with Crippen molar-refractivity contribution in [2.75, 3.05) is 20.1 Å². The summed E-state index contributed by atoms with van der Waals surface area (Å²) in [6, 6.07) is 5.17. The molecule has 0 radical (unpaired) electrons. The van der Waals surface area contributed by atoms with Crippen molar-refractivity contribution in [1.29, 1.82) is 0 Å². The molecule has 0 aromatic heterocycles. The molecule has 0 heterocycles. The number of hydrogen-bond acceptors (Lipinski definition) is 3. The lowest BCUT2D eigenvalue weighted by Crippen LogP contribution is -2.35. The van der Waals surface area contributed by atoms with E-state index in [1.54, 1.807) is 30.1 Å². The molecular formula is C14H22FN3O. The van der Waals surface area contributed by atoms with E-state index < -0.39 is 0 Å². The minimum Gasteiger partial charge on any atom is -0.355 e. The van der Waals surface area contributed by atoms with E-state index >= 15 is 0 Å². The summed E-state index contributed by atoms with van der Waals surface area (Å²) < 4.78 is 14.0. The van der Waals surface area contributed by atoms with Crippen LogP contribution in [0.3, 0.4) is 0 Å². The first-order valence-electron chi connectivity index (χ1n) is 6.50. The maximum Gasteiger partial charge on any atom is 0.234 e. The van der Waals surface area contributed by atoms with Crippen molar-refractivity contribution < 1.29 is 9.18 Å². The quantitative estimate of drug-likeness (QED) is 0.781. The van der Waals surface area contributed by atoms with Crippen molar-refractivity contribution in [2.24, 2.45) is 5.73 Å². The Bertz CT molecular complexity index is 423. The van der Waals surface area contributed by atoms with Gasteiger partial charge in [0.2, 0.25) is 5.91 Å². The Kier molecular flexibility index (Phi) is 6.45. The van der Waals surface area contributed by atoms with Crippen LogP contribution in [0, 0.1) is 5.82 Å². The highest BCUT2D eigenvalue weighted by Crippen LogP contribution is 2.14. The third kappa shape index (κ3) is 4.96. The van der Waals surface area contributed by atoms with Crippen molar-refractivity contribution in [3.05, 3.63) is 35.1 Å². The summed E-state index contributed by atoms with van der Waals surface area (Å²) in [5.74, 6) is -0.314. The van der Waals surface area contributed by atoms with Crippen molar-refractivity contribution in [2.45, 2.75) is 26.4 Å². The highest BCUT2D eigenvalue weighted by Gasteiger charge is 2.11. The van der Waals surface area contributed by atoms with Crippen molar-refractivity contribution in [3.63, 3.8) is 0 Å². The van der Waals surface area contributed by atoms with Gasteiger partial charge in [0.05, 0.1) is 6.54 Å². The average Bonchev–Trinajstić information content (AvgIpc) is 2.38. The number of nitrogens with one attached hydrogen (secondary N) is 1. The SMILES string of the molecule is CCCNC(=O)CN(C)Cc1cccc(CN)c1F. The molecule has 0 aliphatic carbocycles. The fraction of sp³-hybridized carbons (Fsp3) is 0.500. The molecule has 1 aromatic rings. The molecule has 1 aromatic carbocycles. The van der Waals surface area contributed by atoms with E-state index in [1.807, 2.05) is 6.92 Å². The molecule has 5 heteroatoms. The Hall–Kier alpha value is -1.46. The van der Waals surface area contributed by atoms with Gasteiger partial charge in [0.1, 0.15) is 5.82 Å². The maximum absolute atomic E-state index is 14.0. The van der Waals surface area contributed by atoms with Gasteiger partial charge < -0.3 is 11.1 Å². The minimum atomic E-state index is -0.272. The summed E-state index contributed by atoms with van der Waals surface area (Å²) in [6.07, 6.45) is 0.905. The Morgan fingerprint density at radius 3 is 2.74 bits per heavy atom. The van der Waals surface area contributed by atoms with Crippen LogP contribution in [0.4, 0.5) is 4.39 Å². The number of benzene rings is 1. The number of amides is 1. The standard InChI is InChI=1S/C14H22FN3O/c1-3-7-17-13(19)10-18(2)9-12-6-4-5-11(8-16)14(12)15/h4-6H,3,7-10,16H2,1-2H3,(H,17,19). The van der Waals surface area contributed by atoms with Gasteiger partial charge in [0, 0.05) is 30.8 Å². The van der Waals surface area contributed by atoms with Gasteiger partial charge in [-0.15, -0.1) is 0 Å².